The van der Waals surface area contributed by atoms with E-state index in [0.717, 1.165) is 36.9 Å². The number of benzene rings is 1. The number of nitrogens with two attached hydrogens (primary N) is 1. The van der Waals surface area contributed by atoms with Gasteiger partial charge in [0.2, 0.25) is 0 Å². The number of carbonyl (C=O) groups excluding carboxylic acids is 1. The van der Waals surface area contributed by atoms with Gasteiger partial charge in [-0.2, -0.15) is 0 Å². The van der Waals surface area contributed by atoms with Crippen LogP contribution in [0.5, 0.6) is 0 Å². The van der Waals surface area contributed by atoms with Crippen LogP contribution in [0.2, 0.25) is 0 Å². The van der Waals surface area contributed by atoms with Gasteiger partial charge in [0, 0.05) is 23.8 Å². The summed E-state index contributed by atoms with van der Waals surface area (Å²) in [5, 5.41) is 0. The predicted octanol–water partition coefficient (Wildman–Crippen LogP) is 3.62. The number of hydrogen-bond donors (Lipinski definition) is 1. The molecular weight excluding hydrogens is 236 g/mol. The van der Waals surface area contributed by atoms with Crippen molar-refractivity contribution in [3.05, 3.63) is 29.3 Å². The topological polar surface area (TPSA) is 46.3 Å². The lowest BCUT2D eigenvalue weighted by molar-refractivity contribution is 0.0684. The Morgan fingerprint density at radius 2 is 2.05 bits per heavy atom. The predicted molar refractivity (Wildman–Crippen MR) is 81.3 cm³/mol. The molecule has 0 spiro atoms. The zero-order valence-corrected chi connectivity index (χ0v) is 12.6. The first-order valence-electron chi connectivity index (χ1n) is 7.18. The summed E-state index contributed by atoms with van der Waals surface area (Å²) in [5.74, 6) is 0.104. The minimum absolute atomic E-state index is 0.104. The number of anilines is 1. The monoisotopic (exact) mass is 262 g/mol. The summed E-state index contributed by atoms with van der Waals surface area (Å²) in [6.45, 7) is 9.10. The molecule has 0 saturated heterocycles. The van der Waals surface area contributed by atoms with Crippen LogP contribution in [-0.2, 0) is 0 Å². The summed E-state index contributed by atoms with van der Waals surface area (Å²) < 4.78 is 0. The van der Waals surface area contributed by atoms with E-state index in [4.69, 9.17) is 5.73 Å². The van der Waals surface area contributed by atoms with Crippen LogP contribution in [-0.4, -0.2) is 23.4 Å². The normalized spacial score (nSPS) is 12.2. The van der Waals surface area contributed by atoms with Gasteiger partial charge < -0.3 is 10.6 Å². The molecule has 0 saturated carbocycles. The van der Waals surface area contributed by atoms with Crippen LogP contribution in [0, 0.1) is 6.92 Å². The van der Waals surface area contributed by atoms with E-state index in [1.54, 1.807) is 0 Å². The average Bonchev–Trinajstić information content (AvgIpc) is 2.41. The van der Waals surface area contributed by atoms with Gasteiger partial charge in [-0.05, 0) is 44.4 Å². The number of rotatable bonds is 6. The molecule has 1 unspecified atom stereocenters. The second kappa shape index (κ2) is 7.17. The van der Waals surface area contributed by atoms with E-state index >= 15 is 0 Å². The second-order valence-corrected chi connectivity index (χ2v) is 5.13. The molecular formula is C16H26N2O. The van der Waals surface area contributed by atoms with Crippen molar-refractivity contribution in [3.63, 3.8) is 0 Å². The highest BCUT2D eigenvalue weighted by Gasteiger charge is 2.21. The van der Waals surface area contributed by atoms with Crippen molar-refractivity contribution < 1.29 is 4.79 Å². The summed E-state index contributed by atoms with van der Waals surface area (Å²) in [6.07, 6.45) is 3.10. The lowest BCUT2D eigenvalue weighted by Gasteiger charge is -2.29. The van der Waals surface area contributed by atoms with Gasteiger partial charge in [0.15, 0.2) is 0 Å². The Labute approximate surface area is 116 Å². The number of carbonyl (C=O) groups is 1. The van der Waals surface area contributed by atoms with Crippen molar-refractivity contribution in [2.45, 2.75) is 53.0 Å². The van der Waals surface area contributed by atoms with E-state index in [2.05, 4.69) is 20.8 Å². The van der Waals surface area contributed by atoms with Crippen molar-refractivity contribution in [2.24, 2.45) is 0 Å². The molecule has 1 atom stereocenters. The van der Waals surface area contributed by atoms with Crippen molar-refractivity contribution in [1.29, 1.82) is 0 Å². The Hall–Kier alpha value is -1.51. The van der Waals surface area contributed by atoms with Crippen molar-refractivity contribution in [3.8, 4) is 0 Å². The Bertz CT molecular complexity index is 429. The van der Waals surface area contributed by atoms with Gasteiger partial charge in [-0.3, -0.25) is 4.79 Å². The SMILES string of the molecule is CCCCN(C(=O)c1cccc(N)c1C)C(C)CC. The fraction of sp³-hybridized carbons (Fsp3) is 0.562. The maximum absolute atomic E-state index is 12.7. The van der Waals surface area contributed by atoms with E-state index in [-0.39, 0.29) is 11.9 Å². The van der Waals surface area contributed by atoms with E-state index in [1.807, 2.05) is 30.0 Å². The number of unbranched alkanes of at least 4 members (excludes halogenated alkanes) is 1. The van der Waals surface area contributed by atoms with Crippen molar-refractivity contribution in [2.75, 3.05) is 12.3 Å². The molecule has 1 amide bonds. The molecule has 3 heteroatoms. The molecule has 1 rings (SSSR count). The van der Waals surface area contributed by atoms with Crippen LogP contribution < -0.4 is 5.73 Å². The molecule has 0 radical (unpaired) electrons. The third-order valence-electron chi connectivity index (χ3n) is 3.74. The van der Waals surface area contributed by atoms with Crippen LogP contribution in [0.3, 0.4) is 0 Å². The van der Waals surface area contributed by atoms with E-state index in [9.17, 15) is 4.79 Å². The summed E-state index contributed by atoms with van der Waals surface area (Å²) in [7, 11) is 0. The molecule has 0 aliphatic heterocycles. The lowest BCUT2D eigenvalue weighted by atomic mass is 10.0. The first-order valence-corrected chi connectivity index (χ1v) is 7.18. The fourth-order valence-electron chi connectivity index (χ4n) is 2.11. The highest BCUT2D eigenvalue weighted by atomic mass is 16.2. The summed E-state index contributed by atoms with van der Waals surface area (Å²) in [4.78, 5) is 14.7. The maximum Gasteiger partial charge on any atom is 0.254 e. The molecule has 0 bridgehead atoms. The minimum atomic E-state index is 0.104. The first-order chi connectivity index (χ1) is 9.02. The Kier molecular flexibility index (Phi) is 5.87. The molecule has 2 N–H and O–H groups in total. The van der Waals surface area contributed by atoms with E-state index in [1.165, 1.54) is 0 Å². The quantitative estimate of drug-likeness (QED) is 0.796. The van der Waals surface area contributed by atoms with Gasteiger partial charge in [-0.25, -0.2) is 0 Å². The molecule has 1 aromatic rings. The zero-order valence-electron chi connectivity index (χ0n) is 12.6. The van der Waals surface area contributed by atoms with Crippen LogP contribution in [0.25, 0.3) is 0 Å². The van der Waals surface area contributed by atoms with Gasteiger partial charge in [0.25, 0.3) is 5.91 Å². The minimum Gasteiger partial charge on any atom is -0.398 e. The molecule has 0 heterocycles. The molecule has 0 aliphatic rings. The summed E-state index contributed by atoms with van der Waals surface area (Å²) >= 11 is 0. The molecule has 19 heavy (non-hydrogen) atoms. The number of hydrogen-bond acceptors (Lipinski definition) is 2. The molecule has 3 nitrogen and oxygen atoms in total. The first kappa shape index (κ1) is 15.5. The second-order valence-electron chi connectivity index (χ2n) is 5.13. The van der Waals surface area contributed by atoms with Crippen LogP contribution in [0.4, 0.5) is 5.69 Å². The smallest absolute Gasteiger partial charge is 0.254 e. The van der Waals surface area contributed by atoms with Gasteiger partial charge in [-0.1, -0.05) is 26.3 Å². The standard InChI is InChI=1S/C16H26N2O/c1-5-7-11-18(12(3)6-2)16(19)14-9-8-10-15(17)13(14)4/h8-10,12H,5-7,11,17H2,1-4H3. The Morgan fingerprint density at radius 1 is 1.37 bits per heavy atom. The Morgan fingerprint density at radius 3 is 2.63 bits per heavy atom. The Balaban J connectivity index is 3.01. The zero-order chi connectivity index (χ0) is 14.4. The van der Waals surface area contributed by atoms with Crippen LogP contribution in [0.1, 0.15) is 56.0 Å². The summed E-state index contributed by atoms with van der Waals surface area (Å²) in [5.41, 5.74) is 8.20. The summed E-state index contributed by atoms with van der Waals surface area (Å²) in [6, 6.07) is 5.82. The largest absolute Gasteiger partial charge is 0.398 e. The van der Waals surface area contributed by atoms with Crippen LogP contribution >= 0.6 is 0 Å². The molecule has 0 aliphatic carbocycles. The molecule has 0 aromatic heterocycles. The highest BCUT2D eigenvalue weighted by Crippen LogP contribution is 2.19. The average molecular weight is 262 g/mol. The highest BCUT2D eigenvalue weighted by molar-refractivity contribution is 5.97. The van der Waals surface area contributed by atoms with E-state index in [0.29, 0.717) is 5.69 Å². The number of nitrogens with zero attached hydrogens (tertiary/aromatic N) is 1. The third-order valence-corrected chi connectivity index (χ3v) is 3.74. The maximum atomic E-state index is 12.7. The van der Waals surface area contributed by atoms with Crippen LogP contribution in [0.15, 0.2) is 18.2 Å². The fourth-order valence-corrected chi connectivity index (χ4v) is 2.11. The van der Waals surface area contributed by atoms with Gasteiger partial charge >= 0.3 is 0 Å². The molecule has 106 valence electrons. The number of amides is 1. The van der Waals surface area contributed by atoms with Gasteiger partial charge in [-0.15, -0.1) is 0 Å². The third kappa shape index (κ3) is 3.72. The van der Waals surface area contributed by atoms with E-state index < -0.39 is 0 Å². The van der Waals surface area contributed by atoms with Gasteiger partial charge in [0.05, 0.1) is 0 Å². The van der Waals surface area contributed by atoms with Gasteiger partial charge in [0.1, 0.15) is 0 Å². The molecule has 1 aromatic carbocycles. The van der Waals surface area contributed by atoms with Crippen molar-refractivity contribution >= 4 is 11.6 Å². The number of nitrogen functional groups attached to an aromatic ring is 1. The lowest BCUT2D eigenvalue weighted by Crippen LogP contribution is -2.39. The molecule has 0 fully saturated rings. The van der Waals surface area contributed by atoms with Crippen molar-refractivity contribution in [1.82, 2.24) is 4.90 Å².